The molecule has 0 amide bonds. The number of benzene rings is 3. The van der Waals surface area contributed by atoms with Gasteiger partial charge in [-0.3, -0.25) is 9.11 Å². The number of nitrogens with zero attached hydrogens (tertiary/aromatic N) is 2. The van der Waals surface area contributed by atoms with Gasteiger partial charge >= 0.3 is 0 Å². The molecule has 0 atom stereocenters. The van der Waals surface area contributed by atoms with E-state index in [1.807, 2.05) is 0 Å². The highest BCUT2D eigenvalue weighted by Gasteiger charge is 2.25. The number of rotatable bonds is 4. The summed E-state index contributed by atoms with van der Waals surface area (Å²) in [6, 6.07) is 6.05. The zero-order valence-corrected chi connectivity index (χ0v) is 16.8. The van der Waals surface area contributed by atoms with Crippen molar-refractivity contribution < 1.29 is 41.3 Å². The lowest BCUT2D eigenvalue weighted by Crippen LogP contribution is -2.01. The van der Waals surface area contributed by atoms with E-state index in [0.717, 1.165) is 6.07 Å². The monoisotopic (exact) mass is 474 g/mol. The molecule has 0 bridgehead atoms. The lowest BCUT2D eigenvalue weighted by molar-refractivity contribution is 0.457. The van der Waals surface area contributed by atoms with Crippen LogP contribution in [0.1, 0.15) is 0 Å². The number of azo groups is 1. The van der Waals surface area contributed by atoms with Crippen LogP contribution in [-0.2, 0) is 20.2 Å². The summed E-state index contributed by atoms with van der Waals surface area (Å²) in [5, 5.41) is 36.7. The van der Waals surface area contributed by atoms with Gasteiger partial charge in [0.1, 0.15) is 27.8 Å². The molecule has 0 fully saturated rings. The zero-order valence-electron chi connectivity index (χ0n) is 14.4. The van der Waals surface area contributed by atoms with Crippen LogP contribution in [0.3, 0.4) is 0 Å². The van der Waals surface area contributed by atoms with Crippen molar-refractivity contribution in [1.29, 1.82) is 0 Å². The highest BCUT2D eigenvalue weighted by atomic mass is 35.5. The van der Waals surface area contributed by atoms with E-state index in [-0.39, 0.29) is 16.1 Å². The van der Waals surface area contributed by atoms with E-state index in [0.29, 0.717) is 12.1 Å². The maximum atomic E-state index is 11.8. The molecule has 14 heteroatoms. The van der Waals surface area contributed by atoms with Crippen LogP contribution < -0.4 is 0 Å². The topological polar surface area (TPSA) is 194 Å². The molecule has 0 saturated carbocycles. The first-order chi connectivity index (χ1) is 13.8. The molecule has 3 rings (SSSR count). The first-order valence-electron chi connectivity index (χ1n) is 7.67. The first-order valence-corrected chi connectivity index (χ1v) is 10.9. The molecule has 0 unspecified atom stereocenters. The molecule has 0 aromatic heterocycles. The molecule has 3 aromatic rings. The average Bonchev–Trinajstić information content (AvgIpc) is 2.60. The number of phenols is 3. The predicted molar refractivity (Wildman–Crippen MR) is 104 cm³/mol. The Balaban J connectivity index is 2.37. The lowest BCUT2D eigenvalue weighted by Gasteiger charge is -2.11. The number of fused-ring (bicyclic) bond motifs is 1. The Labute approximate surface area is 174 Å². The van der Waals surface area contributed by atoms with E-state index in [1.54, 1.807) is 0 Å². The Kier molecular flexibility index (Phi) is 5.34. The molecular formula is C16H11ClN2O9S2. The Morgan fingerprint density at radius 3 is 2.00 bits per heavy atom. The Hall–Kier alpha value is -2.97. The third kappa shape index (κ3) is 4.01. The van der Waals surface area contributed by atoms with Crippen molar-refractivity contribution in [3.05, 3.63) is 41.4 Å². The van der Waals surface area contributed by atoms with Gasteiger partial charge in [-0.15, -0.1) is 10.2 Å². The Bertz CT molecular complexity index is 1410. The van der Waals surface area contributed by atoms with E-state index in [1.165, 1.54) is 18.2 Å². The van der Waals surface area contributed by atoms with E-state index < -0.39 is 58.3 Å². The molecule has 30 heavy (non-hydrogen) atoms. The lowest BCUT2D eigenvalue weighted by atomic mass is 10.1. The summed E-state index contributed by atoms with van der Waals surface area (Å²) in [5.74, 6) is -2.23. The highest BCUT2D eigenvalue weighted by molar-refractivity contribution is 7.86. The number of aromatic hydroxyl groups is 3. The maximum Gasteiger partial charge on any atom is 0.296 e. The van der Waals surface area contributed by atoms with Gasteiger partial charge < -0.3 is 15.3 Å². The van der Waals surface area contributed by atoms with Crippen LogP contribution in [-0.4, -0.2) is 41.3 Å². The fourth-order valence-corrected chi connectivity index (χ4v) is 3.99. The van der Waals surface area contributed by atoms with Crippen LogP contribution in [0.5, 0.6) is 17.2 Å². The molecular weight excluding hydrogens is 464 g/mol. The summed E-state index contributed by atoms with van der Waals surface area (Å²) in [6.45, 7) is 0. The van der Waals surface area contributed by atoms with Gasteiger partial charge in [-0.05, 0) is 29.7 Å². The van der Waals surface area contributed by atoms with Gasteiger partial charge in [-0.1, -0.05) is 17.7 Å². The van der Waals surface area contributed by atoms with Crippen molar-refractivity contribution in [1.82, 2.24) is 0 Å². The molecule has 0 spiro atoms. The summed E-state index contributed by atoms with van der Waals surface area (Å²) in [6.07, 6.45) is 0. The molecule has 3 aromatic carbocycles. The smallest absolute Gasteiger partial charge is 0.296 e. The van der Waals surface area contributed by atoms with Gasteiger partial charge in [0.25, 0.3) is 20.2 Å². The third-order valence-electron chi connectivity index (χ3n) is 3.89. The summed E-state index contributed by atoms with van der Waals surface area (Å²) in [7, 11) is -9.82. The molecule has 0 aliphatic heterocycles. The van der Waals surface area contributed by atoms with Gasteiger partial charge in [-0.2, -0.15) is 16.8 Å². The van der Waals surface area contributed by atoms with Gasteiger partial charge in [0, 0.05) is 6.07 Å². The third-order valence-corrected chi connectivity index (χ3v) is 5.90. The standard InChI is InChI=1S/C16H11ClN2O9S2/c17-9-2-1-3-10(20)14(9)18-19-15-12(30(26,27)28)5-7-4-8(29(23,24)25)6-11(21)13(7)16(15)22/h1-6,20-22H,(H,23,24,25)(H,26,27,28). The van der Waals surface area contributed by atoms with E-state index in [9.17, 15) is 36.7 Å². The summed E-state index contributed by atoms with van der Waals surface area (Å²) >= 11 is 5.88. The first kappa shape index (κ1) is 21.7. The van der Waals surface area contributed by atoms with Crippen molar-refractivity contribution in [3.8, 4) is 17.2 Å². The van der Waals surface area contributed by atoms with Gasteiger partial charge in [0.05, 0.1) is 15.3 Å². The molecule has 5 N–H and O–H groups in total. The largest absolute Gasteiger partial charge is 0.507 e. The molecule has 0 saturated heterocycles. The summed E-state index contributed by atoms with van der Waals surface area (Å²) < 4.78 is 64.9. The van der Waals surface area contributed by atoms with E-state index in [4.69, 9.17) is 16.2 Å². The van der Waals surface area contributed by atoms with E-state index in [2.05, 4.69) is 10.2 Å². The second-order valence-electron chi connectivity index (χ2n) is 5.87. The predicted octanol–water partition coefficient (Wildman–Crippen LogP) is 3.52. The van der Waals surface area contributed by atoms with Gasteiger partial charge in [0.2, 0.25) is 0 Å². The van der Waals surface area contributed by atoms with Crippen molar-refractivity contribution in [2.24, 2.45) is 10.2 Å². The molecule has 0 radical (unpaired) electrons. The fourth-order valence-electron chi connectivity index (χ4n) is 2.58. The van der Waals surface area contributed by atoms with Gasteiger partial charge in [-0.25, -0.2) is 0 Å². The fraction of sp³-hybridized carbons (Fsp3) is 0. The van der Waals surface area contributed by atoms with Crippen LogP contribution in [0, 0.1) is 0 Å². The molecule has 0 heterocycles. The van der Waals surface area contributed by atoms with E-state index >= 15 is 0 Å². The highest BCUT2D eigenvalue weighted by Crippen LogP contribution is 2.46. The minimum atomic E-state index is -5.04. The minimum Gasteiger partial charge on any atom is -0.507 e. The average molecular weight is 475 g/mol. The second kappa shape index (κ2) is 7.37. The molecule has 158 valence electrons. The van der Waals surface area contributed by atoms with Crippen LogP contribution in [0.4, 0.5) is 11.4 Å². The number of halogens is 1. The van der Waals surface area contributed by atoms with Crippen LogP contribution in [0.2, 0.25) is 5.02 Å². The summed E-state index contributed by atoms with van der Waals surface area (Å²) in [4.78, 5) is -1.78. The van der Waals surface area contributed by atoms with Crippen LogP contribution >= 0.6 is 11.6 Å². The number of phenolic OH excluding ortho intramolecular Hbond substituents is 3. The Morgan fingerprint density at radius 1 is 0.800 bits per heavy atom. The van der Waals surface area contributed by atoms with Crippen molar-refractivity contribution in [3.63, 3.8) is 0 Å². The van der Waals surface area contributed by atoms with Crippen molar-refractivity contribution >= 4 is 54.0 Å². The van der Waals surface area contributed by atoms with Gasteiger partial charge in [0.15, 0.2) is 5.75 Å². The normalized spacial score (nSPS) is 12.6. The van der Waals surface area contributed by atoms with Crippen LogP contribution in [0.25, 0.3) is 10.8 Å². The quantitative estimate of drug-likeness (QED) is 0.277. The second-order valence-corrected chi connectivity index (χ2v) is 9.09. The number of hydrogen-bond acceptors (Lipinski definition) is 9. The molecule has 0 aliphatic rings. The maximum absolute atomic E-state index is 11.8. The van der Waals surface area contributed by atoms with Crippen molar-refractivity contribution in [2.45, 2.75) is 9.79 Å². The zero-order chi connectivity index (χ0) is 22.4. The van der Waals surface area contributed by atoms with Crippen molar-refractivity contribution in [2.75, 3.05) is 0 Å². The summed E-state index contributed by atoms with van der Waals surface area (Å²) in [5.41, 5.74) is -1.09. The SMILES string of the molecule is O=S(=O)(O)c1cc(O)c2c(O)c(N=Nc3c(O)cccc3Cl)c(S(=O)(=O)O)cc2c1. The Morgan fingerprint density at radius 2 is 1.43 bits per heavy atom. The minimum absolute atomic E-state index is 0.0620. The number of hydrogen-bond donors (Lipinski definition) is 5. The molecule has 11 nitrogen and oxygen atoms in total. The molecule has 0 aliphatic carbocycles. The van der Waals surface area contributed by atoms with Crippen LogP contribution in [0.15, 0.2) is 56.4 Å².